The molecule has 3 heteroatoms. The van der Waals surface area contributed by atoms with E-state index in [2.05, 4.69) is 11.7 Å². The first kappa shape index (κ1) is 19.8. The van der Waals surface area contributed by atoms with E-state index in [1.807, 2.05) is 0 Å². The van der Waals surface area contributed by atoms with E-state index in [1.54, 1.807) is 0 Å². The summed E-state index contributed by atoms with van der Waals surface area (Å²) in [4.78, 5) is 10.9. The number of ether oxygens (including phenoxy) is 1. The van der Waals surface area contributed by atoms with Crippen LogP contribution in [-0.2, 0) is 9.53 Å². The third kappa shape index (κ3) is 14.2. The molecule has 0 aromatic rings. The van der Waals surface area contributed by atoms with E-state index in [-0.39, 0.29) is 5.97 Å². The minimum Gasteiger partial charge on any atom is -0.469 e. The van der Waals surface area contributed by atoms with Gasteiger partial charge in [0.2, 0.25) is 0 Å². The Morgan fingerprint density at radius 2 is 1.40 bits per heavy atom. The lowest BCUT2D eigenvalue weighted by molar-refractivity contribution is -0.140. The fraction of sp³-hybridized carbons (Fsp3) is 0.941. The summed E-state index contributed by atoms with van der Waals surface area (Å²) in [6.45, 7) is 2.24. The van der Waals surface area contributed by atoms with Crippen LogP contribution in [0.4, 0.5) is 0 Å². The Kier molecular flexibility index (Phi) is 15.0. The first-order valence-electron chi connectivity index (χ1n) is 8.41. The average molecular weight is 305 g/mol. The third-order valence-electron chi connectivity index (χ3n) is 3.75. The normalized spacial score (nSPS) is 12.3. The number of hydrogen-bond donors (Lipinski definition) is 0. The van der Waals surface area contributed by atoms with Gasteiger partial charge in [0.25, 0.3) is 0 Å². The molecule has 0 saturated heterocycles. The van der Waals surface area contributed by atoms with Crippen LogP contribution in [0.5, 0.6) is 0 Å². The van der Waals surface area contributed by atoms with Crippen molar-refractivity contribution in [1.82, 2.24) is 0 Å². The summed E-state index contributed by atoms with van der Waals surface area (Å²) in [5, 5.41) is 0.381. The molecular weight excluding hydrogens is 272 g/mol. The quantitative estimate of drug-likeness (QED) is 0.228. The van der Waals surface area contributed by atoms with Crippen LogP contribution >= 0.6 is 11.6 Å². The standard InChI is InChI=1S/C17H33ClO2/c1-3-4-5-10-13-16(18)14-11-8-6-7-9-12-15-17(19)20-2/h16H,3-15H2,1-2H3. The highest BCUT2D eigenvalue weighted by Gasteiger charge is 2.04. The lowest BCUT2D eigenvalue weighted by Gasteiger charge is -2.08. The molecule has 1 atom stereocenters. The highest BCUT2D eigenvalue weighted by atomic mass is 35.5. The molecule has 20 heavy (non-hydrogen) atoms. The molecular formula is C17H33ClO2. The molecule has 2 nitrogen and oxygen atoms in total. The molecule has 0 aliphatic rings. The maximum Gasteiger partial charge on any atom is 0.305 e. The summed E-state index contributed by atoms with van der Waals surface area (Å²) < 4.78 is 4.62. The Labute approximate surface area is 130 Å². The Balaban J connectivity index is 3.17. The van der Waals surface area contributed by atoms with Crippen molar-refractivity contribution < 1.29 is 9.53 Å². The Bertz CT molecular complexity index is 219. The predicted molar refractivity (Wildman–Crippen MR) is 87.4 cm³/mol. The third-order valence-corrected chi connectivity index (χ3v) is 4.18. The number of methoxy groups -OCH3 is 1. The zero-order valence-corrected chi connectivity index (χ0v) is 14.2. The van der Waals surface area contributed by atoms with Crippen LogP contribution in [0.1, 0.15) is 90.4 Å². The van der Waals surface area contributed by atoms with Crippen molar-refractivity contribution in [2.45, 2.75) is 95.8 Å². The van der Waals surface area contributed by atoms with Gasteiger partial charge >= 0.3 is 5.97 Å². The van der Waals surface area contributed by atoms with E-state index < -0.39 is 0 Å². The second-order valence-electron chi connectivity index (χ2n) is 5.68. The van der Waals surface area contributed by atoms with Crippen LogP contribution in [0.2, 0.25) is 0 Å². The molecule has 0 heterocycles. The summed E-state index contributed by atoms with van der Waals surface area (Å²) in [5.74, 6) is -0.0851. The van der Waals surface area contributed by atoms with E-state index in [9.17, 15) is 4.79 Å². The number of carbonyl (C=O) groups is 1. The van der Waals surface area contributed by atoms with E-state index in [0.29, 0.717) is 11.8 Å². The molecule has 1 unspecified atom stereocenters. The van der Waals surface area contributed by atoms with Gasteiger partial charge in [-0.25, -0.2) is 0 Å². The average Bonchev–Trinajstić information content (AvgIpc) is 2.46. The fourth-order valence-electron chi connectivity index (χ4n) is 2.38. The number of halogens is 1. The van der Waals surface area contributed by atoms with Crippen LogP contribution in [0, 0.1) is 0 Å². The van der Waals surface area contributed by atoms with Gasteiger partial charge in [0.15, 0.2) is 0 Å². The van der Waals surface area contributed by atoms with Gasteiger partial charge in [-0.05, 0) is 19.3 Å². The zero-order chi connectivity index (χ0) is 15.1. The molecule has 120 valence electrons. The number of esters is 1. The van der Waals surface area contributed by atoms with Crippen LogP contribution in [0.3, 0.4) is 0 Å². The fourth-order valence-corrected chi connectivity index (χ4v) is 2.69. The first-order chi connectivity index (χ1) is 9.70. The summed E-state index contributed by atoms with van der Waals surface area (Å²) in [6.07, 6.45) is 15.3. The van der Waals surface area contributed by atoms with Crippen LogP contribution in [-0.4, -0.2) is 18.5 Å². The minimum atomic E-state index is -0.0851. The second kappa shape index (κ2) is 15.2. The van der Waals surface area contributed by atoms with Gasteiger partial charge in [0.1, 0.15) is 0 Å². The van der Waals surface area contributed by atoms with Crippen molar-refractivity contribution in [1.29, 1.82) is 0 Å². The number of hydrogen-bond acceptors (Lipinski definition) is 2. The van der Waals surface area contributed by atoms with E-state index >= 15 is 0 Å². The van der Waals surface area contributed by atoms with Crippen molar-refractivity contribution >= 4 is 17.6 Å². The molecule has 0 aliphatic heterocycles. The topological polar surface area (TPSA) is 26.3 Å². The van der Waals surface area contributed by atoms with Gasteiger partial charge in [-0.2, -0.15) is 0 Å². The molecule has 0 aromatic carbocycles. The van der Waals surface area contributed by atoms with Crippen LogP contribution in [0.25, 0.3) is 0 Å². The molecule has 0 amide bonds. The van der Waals surface area contributed by atoms with Gasteiger partial charge in [-0.3, -0.25) is 4.79 Å². The summed E-state index contributed by atoms with van der Waals surface area (Å²) in [7, 11) is 1.45. The summed E-state index contributed by atoms with van der Waals surface area (Å²) in [5.41, 5.74) is 0. The van der Waals surface area contributed by atoms with Gasteiger partial charge in [0, 0.05) is 11.8 Å². The smallest absolute Gasteiger partial charge is 0.305 e. The van der Waals surface area contributed by atoms with Crippen LogP contribution < -0.4 is 0 Å². The van der Waals surface area contributed by atoms with E-state index in [1.165, 1.54) is 64.9 Å². The van der Waals surface area contributed by atoms with Crippen molar-refractivity contribution in [3.63, 3.8) is 0 Å². The highest BCUT2D eigenvalue weighted by Crippen LogP contribution is 2.17. The molecule has 0 N–H and O–H groups in total. The molecule has 0 bridgehead atoms. The van der Waals surface area contributed by atoms with Crippen molar-refractivity contribution in [2.24, 2.45) is 0 Å². The van der Waals surface area contributed by atoms with Crippen molar-refractivity contribution in [2.75, 3.05) is 7.11 Å². The van der Waals surface area contributed by atoms with Gasteiger partial charge in [-0.15, -0.1) is 11.6 Å². The molecule has 0 aliphatic carbocycles. The molecule has 0 spiro atoms. The Morgan fingerprint density at radius 3 is 1.95 bits per heavy atom. The molecule has 0 radical (unpaired) electrons. The van der Waals surface area contributed by atoms with Gasteiger partial charge in [-0.1, -0.05) is 64.7 Å². The maximum absolute atomic E-state index is 10.9. The number of rotatable bonds is 14. The van der Waals surface area contributed by atoms with Gasteiger partial charge < -0.3 is 4.74 Å². The number of carbonyl (C=O) groups excluding carboxylic acids is 1. The monoisotopic (exact) mass is 304 g/mol. The molecule has 0 aromatic heterocycles. The van der Waals surface area contributed by atoms with Crippen LogP contribution in [0.15, 0.2) is 0 Å². The number of unbranched alkanes of at least 4 members (excludes halogenated alkanes) is 8. The zero-order valence-electron chi connectivity index (χ0n) is 13.5. The molecule has 0 saturated carbocycles. The lowest BCUT2D eigenvalue weighted by atomic mass is 10.0. The first-order valence-corrected chi connectivity index (χ1v) is 8.85. The SMILES string of the molecule is CCCCCCC(Cl)CCCCCCCCC(=O)OC. The minimum absolute atomic E-state index is 0.0851. The highest BCUT2D eigenvalue weighted by molar-refractivity contribution is 6.20. The predicted octanol–water partition coefficient (Wildman–Crippen LogP) is 5.86. The van der Waals surface area contributed by atoms with E-state index in [0.717, 1.165) is 19.3 Å². The molecule has 0 fully saturated rings. The summed E-state index contributed by atoms with van der Waals surface area (Å²) in [6, 6.07) is 0. The largest absolute Gasteiger partial charge is 0.469 e. The maximum atomic E-state index is 10.9. The van der Waals surface area contributed by atoms with Crippen molar-refractivity contribution in [3.8, 4) is 0 Å². The van der Waals surface area contributed by atoms with E-state index in [4.69, 9.17) is 11.6 Å². The second-order valence-corrected chi connectivity index (χ2v) is 6.30. The van der Waals surface area contributed by atoms with Gasteiger partial charge in [0.05, 0.1) is 7.11 Å². The Hall–Kier alpha value is -0.240. The van der Waals surface area contributed by atoms with Crippen molar-refractivity contribution in [3.05, 3.63) is 0 Å². The molecule has 0 rings (SSSR count). The number of alkyl halides is 1. The summed E-state index contributed by atoms with van der Waals surface area (Å²) >= 11 is 6.32. The lowest BCUT2D eigenvalue weighted by Crippen LogP contribution is -1.99. The Morgan fingerprint density at radius 1 is 0.900 bits per heavy atom.